The van der Waals surface area contributed by atoms with Gasteiger partial charge in [0.15, 0.2) is 0 Å². The third kappa shape index (κ3) is 4.67. The summed E-state index contributed by atoms with van der Waals surface area (Å²) in [7, 11) is 1.82. The van der Waals surface area contributed by atoms with E-state index in [1.165, 1.54) is 0 Å². The molecule has 0 fully saturated rings. The Hall–Kier alpha value is -1.85. The molecule has 2 N–H and O–H groups in total. The van der Waals surface area contributed by atoms with Crippen LogP contribution in [0.15, 0.2) is 12.3 Å². The van der Waals surface area contributed by atoms with Crippen LogP contribution in [0.25, 0.3) is 0 Å². The van der Waals surface area contributed by atoms with Gasteiger partial charge in [-0.3, -0.25) is 14.3 Å². The summed E-state index contributed by atoms with van der Waals surface area (Å²) in [4.78, 5) is 21.9. The van der Waals surface area contributed by atoms with Gasteiger partial charge in [-0.1, -0.05) is 0 Å². The Morgan fingerprint density at radius 3 is 2.82 bits per heavy atom. The summed E-state index contributed by atoms with van der Waals surface area (Å²) >= 11 is 0. The van der Waals surface area contributed by atoms with E-state index in [0.29, 0.717) is 12.8 Å². The minimum Gasteiger partial charge on any atom is -0.481 e. The van der Waals surface area contributed by atoms with Crippen molar-refractivity contribution in [2.24, 2.45) is 7.05 Å². The van der Waals surface area contributed by atoms with Crippen molar-refractivity contribution in [1.29, 1.82) is 0 Å². The molecule has 0 aliphatic carbocycles. The first kappa shape index (κ1) is 13.2. The van der Waals surface area contributed by atoms with E-state index in [9.17, 15) is 9.59 Å². The molecule has 1 heterocycles. The Labute approximate surface area is 99.6 Å². The lowest BCUT2D eigenvalue weighted by Crippen LogP contribution is -2.34. The molecule has 0 aliphatic rings. The molecule has 6 heteroatoms. The zero-order chi connectivity index (χ0) is 12.8. The van der Waals surface area contributed by atoms with Crippen LogP contribution >= 0.6 is 0 Å². The van der Waals surface area contributed by atoms with Crippen LogP contribution in [0.1, 0.15) is 25.5 Å². The maximum absolute atomic E-state index is 11.5. The van der Waals surface area contributed by atoms with Gasteiger partial charge in [0.1, 0.15) is 0 Å². The van der Waals surface area contributed by atoms with Crippen LogP contribution < -0.4 is 5.32 Å². The highest BCUT2D eigenvalue weighted by Crippen LogP contribution is 2.01. The monoisotopic (exact) mass is 239 g/mol. The van der Waals surface area contributed by atoms with Crippen molar-refractivity contribution in [2.45, 2.75) is 32.2 Å². The molecular formula is C11H17N3O3. The van der Waals surface area contributed by atoms with Crippen LogP contribution in [0.2, 0.25) is 0 Å². The lowest BCUT2D eigenvalue weighted by molar-refractivity contribution is -0.137. The van der Waals surface area contributed by atoms with Gasteiger partial charge in [-0.05, 0) is 19.4 Å². The van der Waals surface area contributed by atoms with Crippen molar-refractivity contribution in [2.75, 3.05) is 0 Å². The highest BCUT2D eigenvalue weighted by Gasteiger charge is 2.11. The Morgan fingerprint density at radius 2 is 2.29 bits per heavy atom. The van der Waals surface area contributed by atoms with Gasteiger partial charge >= 0.3 is 5.97 Å². The number of carboxylic acids is 1. The first-order chi connectivity index (χ1) is 7.99. The number of nitrogens with zero attached hydrogens (tertiary/aromatic N) is 2. The zero-order valence-electron chi connectivity index (χ0n) is 10.0. The van der Waals surface area contributed by atoms with Gasteiger partial charge in [-0.25, -0.2) is 0 Å². The number of hydrogen-bond donors (Lipinski definition) is 2. The lowest BCUT2D eigenvalue weighted by Gasteiger charge is -2.11. The number of carboxylic acid groups (broad SMARTS) is 1. The molecule has 0 aromatic carbocycles. The van der Waals surface area contributed by atoms with E-state index in [1.807, 2.05) is 13.1 Å². The number of aryl methyl sites for hydroxylation is 2. The first-order valence-electron chi connectivity index (χ1n) is 5.47. The summed E-state index contributed by atoms with van der Waals surface area (Å²) in [6.45, 7) is 1.68. The maximum Gasteiger partial charge on any atom is 0.305 e. The minimum atomic E-state index is -0.913. The molecule has 1 aromatic rings. The van der Waals surface area contributed by atoms with Crippen molar-refractivity contribution in [3.63, 3.8) is 0 Å². The second kappa shape index (κ2) is 6.03. The predicted octanol–water partition coefficient (Wildman–Crippen LogP) is 0.332. The molecular weight excluding hydrogens is 222 g/mol. The highest BCUT2D eigenvalue weighted by atomic mass is 16.4. The Kier molecular flexibility index (Phi) is 4.68. The number of carbonyl (C=O) groups is 2. The van der Waals surface area contributed by atoms with Gasteiger partial charge in [-0.2, -0.15) is 5.10 Å². The lowest BCUT2D eigenvalue weighted by atomic mass is 10.2. The third-order valence-corrected chi connectivity index (χ3v) is 2.42. The molecule has 1 unspecified atom stereocenters. The molecule has 0 bridgehead atoms. The largest absolute Gasteiger partial charge is 0.481 e. The Bertz CT molecular complexity index is 400. The molecule has 0 saturated heterocycles. The average Bonchev–Trinajstić information content (AvgIpc) is 2.59. The van der Waals surface area contributed by atoms with Crippen molar-refractivity contribution >= 4 is 11.9 Å². The summed E-state index contributed by atoms with van der Waals surface area (Å²) in [6, 6.07) is 1.51. The molecule has 1 atom stereocenters. The van der Waals surface area contributed by atoms with E-state index in [4.69, 9.17) is 5.11 Å². The Morgan fingerprint density at radius 1 is 1.59 bits per heavy atom. The number of aromatic nitrogens is 2. The fraction of sp³-hybridized carbons (Fsp3) is 0.545. The van der Waals surface area contributed by atoms with E-state index < -0.39 is 5.97 Å². The van der Waals surface area contributed by atoms with Gasteiger partial charge in [0, 0.05) is 31.4 Å². The van der Waals surface area contributed by atoms with Crippen LogP contribution in [0.3, 0.4) is 0 Å². The van der Waals surface area contributed by atoms with E-state index >= 15 is 0 Å². The minimum absolute atomic E-state index is 0.0581. The standard InChI is InChI=1S/C11H17N3O3/c1-8(7-11(16)17)13-10(15)4-3-9-5-6-12-14(9)2/h5-6,8H,3-4,7H2,1-2H3,(H,13,15)(H,16,17). The molecule has 0 spiro atoms. The summed E-state index contributed by atoms with van der Waals surface area (Å²) in [6.07, 6.45) is 2.56. The molecule has 1 amide bonds. The molecule has 1 aromatic heterocycles. The SMILES string of the molecule is CC(CC(=O)O)NC(=O)CCc1ccnn1C. The summed E-state index contributed by atoms with van der Waals surface area (Å²) in [5, 5.41) is 15.2. The van der Waals surface area contributed by atoms with Crippen LogP contribution in [-0.4, -0.2) is 32.8 Å². The van der Waals surface area contributed by atoms with Crippen LogP contribution in [0.4, 0.5) is 0 Å². The van der Waals surface area contributed by atoms with Gasteiger partial charge < -0.3 is 10.4 Å². The maximum atomic E-state index is 11.5. The number of hydrogen-bond acceptors (Lipinski definition) is 3. The van der Waals surface area contributed by atoms with Crippen molar-refractivity contribution in [3.05, 3.63) is 18.0 Å². The predicted molar refractivity (Wildman–Crippen MR) is 61.4 cm³/mol. The molecule has 0 radical (unpaired) electrons. The summed E-state index contributed by atoms with van der Waals surface area (Å²) in [5.41, 5.74) is 0.978. The molecule has 6 nitrogen and oxygen atoms in total. The molecule has 0 saturated carbocycles. The fourth-order valence-corrected chi connectivity index (χ4v) is 1.55. The first-order valence-corrected chi connectivity index (χ1v) is 5.47. The second-order valence-corrected chi connectivity index (χ2v) is 4.01. The van der Waals surface area contributed by atoms with Crippen molar-refractivity contribution in [3.8, 4) is 0 Å². The fourth-order valence-electron chi connectivity index (χ4n) is 1.55. The zero-order valence-corrected chi connectivity index (χ0v) is 10.0. The highest BCUT2D eigenvalue weighted by molar-refractivity contribution is 5.77. The van der Waals surface area contributed by atoms with Crippen LogP contribution in [0, 0.1) is 0 Å². The number of nitrogens with one attached hydrogen (secondary N) is 1. The average molecular weight is 239 g/mol. The number of rotatable bonds is 6. The van der Waals surface area contributed by atoms with Gasteiger partial charge in [0.2, 0.25) is 5.91 Å². The quantitative estimate of drug-likeness (QED) is 0.749. The van der Waals surface area contributed by atoms with E-state index in [-0.39, 0.29) is 18.4 Å². The van der Waals surface area contributed by atoms with Crippen LogP contribution in [0.5, 0.6) is 0 Å². The number of carbonyl (C=O) groups excluding carboxylic acids is 1. The smallest absolute Gasteiger partial charge is 0.305 e. The van der Waals surface area contributed by atoms with Crippen molar-refractivity contribution in [1.82, 2.24) is 15.1 Å². The van der Waals surface area contributed by atoms with E-state index in [2.05, 4.69) is 10.4 Å². The van der Waals surface area contributed by atoms with E-state index in [0.717, 1.165) is 5.69 Å². The van der Waals surface area contributed by atoms with Gasteiger partial charge in [0.25, 0.3) is 0 Å². The summed E-state index contributed by atoms with van der Waals surface area (Å²) in [5.74, 6) is -1.05. The topological polar surface area (TPSA) is 84.2 Å². The third-order valence-electron chi connectivity index (χ3n) is 2.42. The van der Waals surface area contributed by atoms with Crippen molar-refractivity contribution < 1.29 is 14.7 Å². The molecule has 17 heavy (non-hydrogen) atoms. The normalized spacial score (nSPS) is 12.1. The van der Waals surface area contributed by atoms with Gasteiger partial charge in [-0.15, -0.1) is 0 Å². The van der Waals surface area contributed by atoms with Gasteiger partial charge in [0.05, 0.1) is 6.42 Å². The van der Waals surface area contributed by atoms with Crippen LogP contribution in [-0.2, 0) is 23.1 Å². The van der Waals surface area contributed by atoms with E-state index in [1.54, 1.807) is 17.8 Å². The number of aliphatic carboxylic acids is 1. The molecule has 1 rings (SSSR count). The molecule has 94 valence electrons. The molecule has 0 aliphatic heterocycles. The summed E-state index contributed by atoms with van der Waals surface area (Å²) < 4.78 is 1.72. The Balaban J connectivity index is 2.30. The second-order valence-electron chi connectivity index (χ2n) is 4.01. The number of amides is 1.